The van der Waals surface area contributed by atoms with Gasteiger partial charge in [0.15, 0.2) is 0 Å². The number of hydrogen-bond donors (Lipinski definition) is 1. The van der Waals surface area contributed by atoms with Gasteiger partial charge in [0, 0.05) is 36.3 Å². The molecule has 34 heavy (non-hydrogen) atoms. The van der Waals surface area contributed by atoms with Gasteiger partial charge in [-0.3, -0.25) is 14.0 Å². The highest BCUT2D eigenvalue weighted by Crippen LogP contribution is 2.34. The van der Waals surface area contributed by atoms with E-state index in [2.05, 4.69) is 20.1 Å². The monoisotopic (exact) mass is 489 g/mol. The van der Waals surface area contributed by atoms with Gasteiger partial charge in [-0.1, -0.05) is 12.1 Å². The number of hydrogen-bond acceptors (Lipinski definition) is 6. The number of halogens is 3. The maximum absolute atomic E-state index is 13.2. The highest BCUT2D eigenvalue weighted by Gasteiger charge is 2.31. The second-order valence-corrected chi connectivity index (χ2v) is 9.48. The Kier molecular flexibility index (Phi) is 5.90. The van der Waals surface area contributed by atoms with E-state index >= 15 is 0 Å². The second kappa shape index (κ2) is 8.88. The van der Waals surface area contributed by atoms with E-state index in [4.69, 9.17) is 0 Å². The Labute approximate surface area is 196 Å². The van der Waals surface area contributed by atoms with Gasteiger partial charge in [-0.25, -0.2) is 4.98 Å². The minimum absolute atomic E-state index is 0.0288. The van der Waals surface area contributed by atoms with E-state index in [1.165, 1.54) is 12.1 Å². The van der Waals surface area contributed by atoms with Gasteiger partial charge in [0.05, 0.1) is 24.5 Å². The number of alkyl halides is 3. The minimum atomic E-state index is -4.69. The summed E-state index contributed by atoms with van der Waals surface area (Å²) in [7, 11) is 1.84. The van der Waals surface area contributed by atoms with Crippen LogP contribution in [0.4, 0.5) is 13.2 Å². The maximum Gasteiger partial charge on any atom is 0.573 e. The fourth-order valence-corrected chi connectivity index (χ4v) is 5.57. The molecule has 3 aromatic heterocycles. The van der Waals surface area contributed by atoms with E-state index in [9.17, 15) is 18.0 Å². The molecule has 11 heteroatoms. The molecular weight excluding hydrogens is 467 g/mol. The molecule has 178 valence electrons. The molecule has 7 nitrogen and oxygen atoms in total. The number of nitrogens with one attached hydrogen (secondary N) is 1. The third-order valence-corrected chi connectivity index (χ3v) is 7.06. The SMILES string of the molecule is Cn1cc(Cn2cnc3sc4c(c3c2=O)CC[C@H](NCc2ccc(OC(F)(F)F)cc2)C4)cn1. The Morgan fingerprint density at radius 1 is 1.24 bits per heavy atom. The van der Waals surface area contributed by atoms with Crippen molar-refractivity contribution in [2.45, 2.75) is 44.8 Å². The quantitative estimate of drug-likeness (QED) is 0.446. The zero-order chi connectivity index (χ0) is 23.9. The van der Waals surface area contributed by atoms with Crippen LogP contribution >= 0.6 is 11.3 Å². The van der Waals surface area contributed by atoms with Gasteiger partial charge in [-0.05, 0) is 42.5 Å². The van der Waals surface area contributed by atoms with Crippen LogP contribution in [0.1, 0.15) is 28.0 Å². The molecule has 1 aliphatic carbocycles. The molecule has 0 radical (unpaired) electrons. The minimum Gasteiger partial charge on any atom is -0.406 e. The standard InChI is InChI=1S/C23H22F3N5O2S/c1-30-11-15(10-29-30)12-31-13-28-21-20(22(31)32)18-7-4-16(8-19(18)34-21)27-9-14-2-5-17(6-3-14)33-23(24,25)26/h2-3,5-6,10-11,13,16,27H,4,7-9,12H2,1H3/t16-/m0/s1. The number of nitrogens with zero attached hydrogens (tertiary/aromatic N) is 4. The summed E-state index contributed by atoms with van der Waals surface area (Å²) in [4.78, 5) is 19.7. The average Bonchev–Trinajstić information content (AvgIpc) is 3.37. The molecule has 4 aromatic rings. The summed E-state index contributed by atoms with van der Waals surface area (Å²) in [6, 6.07) is 6.09. The molecule has 0 spiro atoms. The van der Waals surface area contributed by atoms with Gasteiger partial charge in [0.2, 0.25) is 0 Å². The van der Waals surface area contributed by atoms with Crippen LogP contribution in [0.3, 0.4) is 0 Å². The fourth-order valence-electron chi connectivity index (χ4n) is 4.31. The Balaban J connectivity index is 1.27. The Morgan fingerprint density at radius 3 is 2.74 bits per heavy atom. The summed E-state index contributed by atoms with van der Waals surface area (Å²) in [5.74, 6) is -0.231. The molecule has 0 aliphatic heterocycles. The lowest BCUT2D eigenvalue weighted by Crippen LogP contribution is -2.33. The zero-order valence-corrected chi connectivity index (χ0v) is 19.1. The molecule has 0 fully saturated rings. The Morgan fingerprint density at radius 2 is 2.03 bits per heavy atom. The van der Waals surface area contributed by atoms with Crippen molar-refractivity contribution in [1.82, 2.24) is 24.6 Å². The summed E-state index contributed by atoms with van der Waals surface area (Å²) in [5.41, 5.74) is 2.87. The van der Waals surface area contributed by atoms with Crippen LogP contribution in [-0.4, -0.2) is 31.7 Å². The molecule has 0 amide bonds. The Hall–Kier alpha value is -3.18. The number of fused-ring (bicyclic) bond motifs is 3. The number of ether oxygens (including phenoxy) is 1. The molecule has 0 saturated heterocycles. The van der Waals surface area contributed by atoms with Crippen molar-refractivity contribution < 1.29 is 17.9 Å². The lowest BCUT2D eigenvalue weighted by molar-refractivity contribution is -0.274. The van der Waals surface area contributed by atoms with Crippen LogP contribution in [0, 0.1) is 0 Å². The number of benzene rings is 1. The van der Waals surface area contributed by atoms with Gasteiger partial charge >= 0.3 is 6.36 Å². The number of rotatable bonds is 6. The van der Waals surface area contributed by atoms with E-state index < -0.39 is 6.36 Å². The first kappa shape index (κ1) is 22.6. The van der Waals surface area contributed by atoms with Crippen LogP contribution in [0.25, 0.3) is 10.2 Å². The number of aromatic nitrogens is 4. The normalized spacial score (nSPS) is 16.1. The van der Waals surface area contributed by atoms with Gasteiger partial charge in [-0.2, -0.15) is 5.10 Å². The van der Waals surface area contributed by atoms with Crippen molar-refractivity contribution in [3.8, 4) is 5.75 Å². The lowest BCUT2D eigenvalue weighted by atomic mass is 9.93. The molecule has 0 bridgehead atoms. The first-order valence-corrected chi connectivity index (χ1v) is 11.6. The Bertz CT molecular complexity index is 1370. The van der Waals surface area contributed by atoms with Crippen LogP contribution in [0.2, 0.25) is 0 Å². The second-order valence-electron chi connectivity index (χ2n) is 8.40. The first-order chi connectivity index (χ1) is 16.2. The van der Waals surface area contributed by atoms with E-state index in [-0.39, 0.29) is 17.4 Å². The highest BCUT2D eigenvalue weighted by atomic mass is 32.1. The third kappa shape index (κ3) is 4.85. The van der Waals surface area contributed by atoms with Gasteiger partial charge in [-0.15, -0.1) is 24.5 Å². The molecule has 1 atom stereocenters. The van der Waals surface area contributed by atoms with Crippen LogP contribution < -0.4 is 15.6 Å². The predicted molar refractivity (Wildman–Crippen MR) is 122 cm³/mol. The average molecular weight is 490 g/mol. The first-order valence-electron chi connectivity index (χ1n) is 10.8. The van der Waals surface area contributed by atoms with Gasteiger partial charge in [0.25, 0.3) is 5.56 Å². The van der Waals surface area contributed by atoms with Gasteiger partial charge < -0.3 is 10.1 Å². The van der Waals surface area contributed by atoms with Crippen LogP contribution in [0.15, 0.2) is 47.8 Å². The van der Waals surface area contributed by atoms with Crippen LogP contribution in [0.5, 0.6) is 5.75 Å². The number of aryl methyl sites for hydroxylation is 2. The summed E-state index contributed by atoms with van der Waals surface area (Å²) in [5, 5.41) is 8.35. The van der Waals surface area contributed by atoms with Crippen molar-refractivity contribution in [3.63, 3.8) is 0 Å². The maximum atomic E-state index is 13.2. The summed E-state index contributed by atoms with van der Waals surface area (Å²) in [6.07, 6.45) is 2.96. The molecule has 1 aliphatic rings. The predicted octanol–water partition coefficient (Wildman–Crippen LogP) is 3.79. The third-order valence-electron chi connectivity index (χ3n) is 5.90. The lowest BCUT2D eigenvalue weighted by Gasteiger charge is -2.23. The number of thiophene rings is 1. The van der Waals surface area contributed by atoms with E-state index in [1.54, 1.807) is 45.2 Å². The van der Waals surface area contributed by atoms with E-state index in [0.29, 0.717) is 18.5 Å². The van der Waals surface area contributed by atoms with Crippen molar-refractivity contribution in [1.29, 1.82) is 0 Å². The topological polar surface area (TPSA) is 74.0 Å². The van der Waals surface area contributed by atoms with Crippen molar-refractivity contribution >= 4 is 21.6 Å². The molecule has 0 saturated carbocycles. The molecular formula is C23H22F3N5O2S. The molecule has 0 unspecified atom stereocenters. The highest BCUT2D eigenvalue weighted by molar-refractivity contribution is 7.18. The van der Waals surface area contributed by atoms with Crippen molar-refractivity contribution in [2.75, 3.05) is 0 Å². The van der Waals surface area contributed by atoms with Crippen molar-refractivity contribution in [2.24, 2.45) is 7.05 Å². The molecule has 5 rings (SSSR count). The summed E-state index contributed by atoms with van der Waals surface area (Å²) < 4.78 is 44.2. The molecule has 1 N–H and O–H groups in total. The summed E-state index contributed by atoms with van der Waals surface area (Å²) >= 11 is 1.56. The fraction of sp³-hybridized carbons (Fsp3) is 0.348. The smallest absolute Gasteiger partial charge is 0.406 e. The summed E-state index contributed by atoms with van der Waals surface area (Å²) in [6.45, 7) is 0.963. The molecule has 3 heterocycles. The molecule has 1 aromatic carbocycles. The van der Waals surface area contributed by atoms with Crippen molar-refractivity contribution in [3.05, 3.63) is 74.9 Å². The van der Waals surface area contributed by atoms with E-state index in [1.807, 2.05) is 13.2 Å². The largest absolute Gasteiger partial charge is 0.573 e. The zero-order valence-electron chi connectivity index (χ0n) is 18.3. The van der Waals surface area contributed by atoms with E-state index in [0.717, 1.165) is 45.7 Å². The van der Waals surface area contributed by atoms with Crippen LogP contribution in [-0.2, 0) is 33.0 Å². The van der Waals surface area contributed by atoms with Gasteiger partial charge in [0.1, 0.15) is 10.6 Å².